The van der Waals surface area contributed by atoms with Crippen LogP contribution in [-0.2, 0) is 4.79 Å². The van der Waals surface area contributed by atoms with Crippen molar-refractivity contribution < 1.29 is 42.1 Å². The highest BCUT2D eigenvalue weighted by molar-refractivity contribution is 7.99. The molecule has 1 unspecified atom stereocenters. The predicted molar refractivity (Wildman–Crippen MR) is 119 cm³/mol. The highest BCUT2D eigenvalue weighted by atomic mass is 32.2. The van der Waals surface area contributed by atoms with Gasteiger partial charge in [0.2, 0.25) is 0 Å². The summed E-state index contributed by atoms with van der Waals surface area (Å²) in [5, 5.41) is 34.7. The summed E-state index contributed by atoms with van der Waals surface area (Å²) in [6.45, 7) is 1.53. The first kappa shape index (κ1) is 27.0. The van der Waals surface area contributed by atoms with Gasteiger partial charge in [0.15, 0.2) is 11.5 Å². The van der Waals surface area contributed by atoms with Crippen LogP contribution in [0.25, 0.3) is 17.0 Å². The van der Waals surface area contributed by atoms with Gasteiger partial charge in [0, 0.05) is 27.6 Å². The molecule has 4 aromatic rings. The molecule has 0 aliphatic carbocycles. The Hall–Kier alpha value is -3.55. The summed E-state index contributed by atoms with van der Waals surface area (Å²) in [5.41, 5.74) is 2.87. The zero-order valence-electron chi connectivity index (χ0n) is 18.4. The molecule has 190 valence electrons. The minimum atomic E-state index is -5.08. The van der Waals surface area contributed by atoms with E-state index in [0.717, 1.165) is 22.1 Å². The van der Waals surface area contributed by atoms with Crippen molar-refractivity contribution in [3.63, 3.8) is 0 Å². The van der Waals surface area contributed by atoms with Crippen molar-refractivity contribution in [1.82, 2.24) is 14.6 Å². The molecule has 2 aromatic heterocycles. The Balaban J connectivity index is 0.000000454. The van der Waals surface area contributed by atoms with E-state index in [2.05, 4.69) is 10.2 Å². The Morgan fingerprint density at radius 2 is 1.78 bits per heavy atom. The zero-order valence-corrected chi connectivity index (χ0v) is 19.2. The molecule has 2 heterocycles. The van der Waals surface area contributed by atoms with Crippen molar-refractivity contribution in [2.24, 2.45) is 0 Å². The number of benzene rings is 2. The fraction of sp³-hybridized carbons (Fsp3) is 0.174. The minimum absolute atomic E-state index is 0.310. The molecular formula is C23H18F5N3O4S. The number of aryl methyl sites for hydroxylation is 1. The van der Waals surface area contributed by atoms with Gasteiger partial charge in [-0.25, -0.2) is 13.6 Å². The smallest absolute Gasteiger partial charge is 0.475 e. The first-order chi connectivity index (χ1) is 16.9. The second-order valence-corrected chi connectivity index (χ2v) is 8.48. The van der Waals surface area contributed by atoms with Gasteiger partial charge >= 0.3 is 12.1 Å². The van der Waals surface area contributed by atoms with Crippen LogP contribution in [0.2, 0.25) is 0 Å². The summed E-state index contributed by atoms with van der Waals surface area (Å²) in [6, 6.07) is 12.4. The summed E-state index contributed by atoms with van der Waals surface area (Å²) >= 11 is 1.17. The molecule has 3 N–H and O–H groups in total. The van der Waals surface area contributed by atoms with Gasteiger partial charge in [-0.1, -0.05) is 23.9 Å². The summed E-state index contributed by atoms with van der Waals surface area (Å²) in [7, 11) is 0. The van der Waals surface area contributed by atoms with E-state index in [1.54, 1.807) is 34.9 Å². The Kier molecular flexibility index (Phi) is 8.28. The standard InChI is InChI=1S/C21H17F2N3O2S.C2HF3O2/c1-12-2-3-13(18(28)11-27)8-16(12)21-25-24-20-7-5-15(10-26(20)21)29-19-6-4-14(22)9-17(19)23;3-2(4,5)1(6)7/h2-10,18,27-28H,11H2,1H3;(H,6,7). The Morgan fingerprint density at radius 1 is 1.08 bits per heavy atom. The van der Waals surface area contributed by atoms with Gasteiger partial charge in [0.1, 0.15) is 17.7 Å². The molecule has 1 atom stereocenters. The largest absolute Gasteiger partial charge is 0.490 e. The number of hydrogen-bond donors (Lipinski definition) is 3. The number of carboxylic acid groups (broad SMARTS) is 1. The van der Waals surface area contributed by atoms with Gasteiger partial charge in [-0.05, 0) is 48.4 Å². The topological polar surface area (TPSA) is 108 Å². The first-order valence-corrected chi connectivity index (χ1v) is 10.9. The molecule has 7 nitrogen and oxygen atoms in total. The molecule has 36 heavy (non-hydrogen) atoms. The third-order valence-corrected chi connectivity index (χ3v) is 5.83. The van der Waals surface area contributed by atoms with Crippen LogP contribution in [0.5, 0.6) is 0 Å². The molecule has 0 fully saturated rings. The summed E-state index contributed by atoms with van der Waals surface area (Å²) in [4.78, 5) is 9.94. The number of rotatable bonds is 5. The van der Waals surface area contributed by atoms with Crippen LogP contribution in [-0.4, -0.2) is 48.7 Å². The van der Waals surface area contributed by atoms with E-state index >= 15 is 0 Å². The van der Waals surface area contributed by atoms with E-state index in [0.29, 0.717) is 21.9 Å². The molecule has 2 aromatic carbocycles. The number of fused-ring (bicyclic) bond motifs is 1. The van der Waals surface area contributed by atoms with Gasteiger partial charge in [0.05, 0.1) is 6.61 Å². The molecule has 0 saturated heterocycles. The van der Waals surface area contributed by atoms with Gasteiger partial charge < -0.3 is 15.3 Å². The Morgan fingerprint density at radius 3 is 2.39 bits per heavy atom. The normalized spacial score (nSPS) is 12.2. The van der Waals surface area contributed by atoms with Crippen LogP contribution in [0.4, 0.5) is 22.0 Å². The lowest BCUT2D eigenvalue weighted by molar-refractivity contribution is -0.192. The summed E-state index contributed by atoms with van der Waals surface area (Å²) in [5.74, 6) is -3.44. The van der Waals surface area contributed by atoms with E-state index < -0.39 is 29.9 Å². The van der Waals surface area contributed by atoms with Gasteiger partial charge in [-0.3, -0.25) is 4.40 Å². The van der Waals surface area contributed by atoms with E-state index in [1.165, 1.54) is 23.9 Å². The Labute approximate surface area is 204 Å². The molecule has 0 spiro atoms. The molecule has 0 amide bonds. The van der Waals surface area contributed by atoms with E-state index in [9.17, 15) is 32.2 Å². The van der Waals surface area contributed by atoms with Crippen LogP contribution in [0.15, 0.2) is 64.5 Å². The fourth-order valence-electron chi connectivity index (χ4n) is 2.99. The van der Waals surface area contributed by atoms with Gasteiger partial charge in [0.25, 0.3) is 0 Å². The van der Waals surface area contributed by atoms with Crippen LogP contribution in [0.3, 0.4) is 0 Å². The number of aliphatic carboxylic acids is 1. The molecule has 0 saturated carbocycles. The zero-order chi connectivity index (χ0) is 26.6. The van der Waals surface area contributed by atoms with Crippen LogP contribution >= 0.6 is 11.8 Å². The maximum absolute atomic E-state index is 14.0. The average Bonchev–Trinajstić information content (AvgIpc) is 3.23. The molecular weight excluding hydrogens is 509 g/mol. The van der Waals surface area contributed by atoms with Crippen molar-refractivity contribution >= 4 is 23.4 Å². The molecule has 0 radical (unpaired) electrons. The molecule has 0 bridgehead atoms. The lowest BCUT2D eigenvalue weighted by atomic mass is 10.0. The molecule has 13 heteroatoms. The highest BCUT2D eigenvalue weighted by Gasteiger charge is 2.38. The molecule has 4 rings (SSSR count). The van der Waals surface area contributed by atoms with Crippen LogP contribution < -0.4 is 0 Å². The SMILES string of the molecule is Cc1ccc(C(O)CO)cc1-c1nnc2ccc(Sc3ccc(F)cc3F)cn12.O=C(O)C(F)(F)F. The number of hydrogen-bond acceptors (Lipinski definition) is 6. The number of nitrogens with zero attached hydrogens (tertiary/aromatic N) is 3. The number of pyridine rings is 1. The number of aliphatic hydroxyl groups excluding tert-OH is 2. The Bertz CT molecular complexity index is 1390. The van der Waals surface area contributed by atoms with Crippen molar-refractivity contribution in [3.8, 4) is 11.4 Å². The van der Waals surface area contributed by atoms with Crippen molar-refractivity contribution in [2.45, 2.75) is 29.0 Å². The number of carbonyl (C=O) groups is 1. The van der Waals surface area contributed by atoms with Crippen LogP contribution in [0, 0.1) is 18.6 Å². The van der Waals surface area contributed by atoms with Crippen LogP contribution in [0.1, 0.15) is 17.2 Å². The van der Waals surface area contributed by atoms with E-state index in [-0.39, 0.29) is 6.61 Å². The number of alkyl halides is 3. The highest BCUT2D eigenvalue weighted by Crippen LogP contribution is 2.32. The first-order valence-electron chi connectivity index (χ1n) is 10.1. The average molecular weight is 527 g/mol. The maximum Gasteiger partial charge on any atom is 0.490 e. The fourth-order valence-corrected chi connectivity index (χ4v) is 3.83. The van der Waals surface area contributed by atoms with Gasteiger partial charge in [-0.15, -0.1) is 10.2 Å². The lowest BCUT2D eigenvalue weighted by Gasteiger charge is -2.11. The number of carboxylic acids is 1. The summed E-state index contributed by atoms with van der Waals surface area (Å²) < 4.78 is 60.7. The van der Waals surface area contributed by atoms with Crippen molar-refractivity contribution in [1.29, 1.82) is 0 Å². The lowest BCUT2D eigenvalue weighted by Crippen LogP contribution is -2.21. The monoisotopic (exact) mass is 527 g/mol. The van der Waals surface area contributed by atoms with E-state index in [4.69, 9.17) is 9.90 Å². The quantitative estimate of drug-likeness (QED) is 0.320. The second kappa shape index (κ2) is 11.0. The third-order valence-electron chi connectivity index (χ3n) is 4.80. The number of aliphatic hydroxyl groups is 2. The van der Waals surface area contributed by atoms with Crippen molar-refractivity contribution in [3.05, 3.63) is 77.5 Å². The van der Waals surface area contributed by atoms with Crippen molar-refractivity contribution in [2.75, 3.05) is 6.61 Å². The van der Waals surface area contributed by atoms with Gasteiger partial charge in [-0.2, -0.15) is 13.2 Å². The van der Waals surface area contributed by atoms with E-state index in [1.807, 2.05) is 13.0 Å². The maximum atomic E-state index is 14.0. The number of halogens is 5. The minimum Gasteiger partial charge on any atom is -0.475 e. The summed E-state index contributed by atoms with van der Waals surface area (Å²) in [6.07, 6.45) is -4.28. The second-order valence-electron chi connectivity index (χ2n) is 7.37. The molecule has 0 aliphatic rings. The predicted octanol–water partition coefficient (Wildman–Crippen LogP) is 4.79. The third kappa shape index (κ3) is 6.36. The number of aromatic nitrogens is 3. The molecule has 0 aliphatic heterocycles.